The summed E-state index contributed by atoms with van der Waals surface area (Å²) in [5, 5.41) is 0. The van der Waals surface area contributed by atoms with E-state index >= 15 is 0 Å². The fraction of sp³-hybridized carbons (Fsp3) is 0. The molecule has 0 aliphatic carbocycles. The Morgan fingerprint density at radius 2 is 1.50 bits per heavy atom. The van der Waals surface area contributed by atoms with E-state index in [0.29, 0.717) is 0 Å². The van der Waals surface area contributed by atoms with E-state index in [1.807, 2.05) is 0 Å². The Morgan fingerprint density at radius 1 is 1.50 bits per heavy atom. The van der Waals surface area contributed by atoms with Crippen LogP contribution in [0.15, 0.2) is 0 Å². The van der Waals surface area contributed by atoms with Gasteiger partial charge in [0.05, 0.1) is 0 Å². The van der Waals surface area contributed by atoms with Crippen LogP contribution in [0.1, 0.15) is 4.28 Å². The second-order valence-corrected chi connectivity index (χ2v) is 1.20. The van der Waals surface area contributed by atoms with Crippen LogP contribution in [0.5, 0.6) is 0 Å². The summed E-state index contributed by atoms with van der Waals surface area (Å²) in [7, 11) is 0. The molecule has 6 heteroatoms. The average Bonchev–Trinajstić information content (AvgIpc) is 0.811. The summed E-state index contributed by atoms with van der Waals surface area (Å²) >= 11 is -3.29. The summed E-state index contributed by atoms with van der Waals surface area (Å²) in [6, 6.07) is 0. The first-order valence-electron chi connectivity index (χ1n) is 0.532. The van der Waals surface area contributed by atoms with E-state index in [0.717, 1.165) is 0 Å². The summed E-state index contributed by atoms with van der Waals surface area (Å²) in [5.74, 6) is 0. The van der Waals surface area contributed by atoms with Crippen molar-refractivity contribution in [2.45, 2.75) is 0 Å². The Labute approximate surface area is 96.6 Å². The van der Waals surface area contributed by atoms with Crippen molar-refractivity contribution in [3.05, 3.63) is 0 Å². The Hall–Kier alpha value is 2.50. The van der Waals surface area contributed by atoms with E-state index in [1.165, 1.54) is 0 Å². The van der Waals surface area contributed by atoms with Crippen LogP contribution in [0.2, 0.25) is 0 Å². The van der Waals surface area contributed by atoms with Gasteiger partial charge in [-0.05, 0) is 0 Å². The van der Waals surface area contributed by atoms with Gasteiger partial charge < -0.3 is 4.28 Å². The van der Waals surface area contributed by atoms with Gasteiger partial charge in [-0.2, -0.15) is 0 Å². The molecule has 0 saturated carbocycles. The van der Waals surface area contributed by atoms with E-state index in [2.05, 4.69) is 0 Å². The van der Waals surface area contributed by atoms with Crippen molar-refractivity contribution in [2.75, 3.05) is 0 Å². The molecule has 0 amide bonds. The van der Waals surface area contributed by atoms with Gasteiger partial charge in [-0.1, -0.05) is 0 Å². The predicted octanol–water partition coefficient (Wildman–Crippen LogP) is -4.65. The monoisotopic (exact) mass is 196 g/mol. The van der Waals surface area contributed by atoms with Crippen molar-refractivity contribution < 1.29 is 46.0 Å². The van der Waals surface area contributed by atoms with Gasteiger partial charge in [0.2, 0.25) is 0 Å². The molecule has 0 aromatic rings. The SMILES string of the molecule is O=[Se](O)O.[Ca+2].[H-].[H-].[H-].[Na+]. The maximum atomic E-state index is 8.76. The van der Waals surface area contributed by atoms with E-state index in [-0.39, 0.29) is 71.6 Å². The minimum atomic E-state index is -3.29. The number of hydrogen-bond donors (Lipinski definition) is 2. The van der Waals surface area contributed by atoms with E-state index in [4.69, 9.17) is 12.2 Å². The molecule has 0 aliphatic heterocycles. The first-order chi connectivity index (χ1) is 1.73. The summed E-state index contributed by atoms with van der Waals surface area (Å²) in [6.07, 6.45) is 0. The van der Waals surface area contributed by atoms with Crippen molar-refractivity contribution in [3.63, 3.8) is 0 Å². The first-order valence-corrected chi connectivity index (χ1v) is 2.76. The topological polar surface area (TPSA) is 57.5 Å². The van der Waals surface area contributed by atoms with Gasteiger partial charge in [0.15, 0.2) is 0 Å². The summed E-state index contributed by atoms with van der Waals surface area (Å²) < 4.78 is 23.1. The van der Waals surface area contributed by atoms with Gasteiger partial charge >= 0.3 is 94.0 Å². The zero-order chi connectivity index (χ0) is 3.58. The van der Waals surface area contributed by atoms with E-state index < -0.39 is 14.5 Å². The van der Waals surface area contributed by atoms with Gasteiger partial charge in [-0.3, -0.25) is 0 Å². The van der Waals surface area contributed by atoms with Crippen molar-refractivity contribution in [1.82, 2.24) is 0 Å². The molecule has 0 aliphatic rings. The van der Waals surface area contributed by atoms with E-state index in [9.17, 15) is 0 Å². The third-order valence-electron chi connectivity index (χ3n) is 0. The Kier molecular flexibility index (Phi) is 27.6. The molecule has 0 rings (SSSR count). The van der Waals surface area contributed by atoms with Gasteiger partial charge in [0.25, 0.3) is 0 Å². The quantitative estimate of drug-likeness (QED) is 0.382. The molecule has 3 nitrogen and oxygen atoms in total. The molecule has 0 aromatic carbocycles. The molecule has 0 unspecified atom stereocenters. The summed E-state index contributed by atoms with van der Waals surface area (Å²) in [6.45, 7) is 0. The molecule has 0 fully saturated rings. The van der Waals surface area contributed by atoms with Crippen LogP contribution in [-0.4, -0.2) is 60.6 Å². The molecule has 32 valence electrons. The molecule has 2 N–H and O–H groups in total. The van der Waals surface area contributed by atoms with Crippen LogP contribution < -0.4 is 29.6 Å². The van der Waals surface area contributed by atoms with Crippen LogP contribution in [0.3, 0.4) is 0 Å². The van der Waals surface area contributed by atoms with Gasteiger partial charge in [-0.15, -0.1) is 0 Å². The molecular formula is H5CaNaO3Se. The maximum absolute atomic E-state index is 8.76. The minimum absolute atomic E-state index is 0. The summed E-state index contributed by atoms with van der Waals surface area (Å²) in [5.41, 5.74) is 0. The molecular weight excluding hydrogens is 190 g/mol. The average molecular weight is 195 g/mol. The fourth-order valence-electron chi connectivity index (χ4n) is 0. The van der Waals surface area contributed by atoms with Crippen LogP contribution in [0.25, 0.3) is 0 Å². The molecule has 0 aromatic heterocycles. The number of hydrogen-bond acceptors (Lipinski definition) is 1. The van der Waals surface area contributed by atoms with Crippen LogP contribution in [0, 0.1) is 0 Å². The molecule has 0 bridgehead atoms. The van der Waals surface area contributed by atoms with Gasteiger partial charge in [-0.25, -0.2) is 0 Å². The normalized spacial score (nSPS) is 5.83. The first kappa shape index (κ1) is 15.8. The maximum Gasteiger partial charge on any atom is 2.00 e. The molecule has 0 spiro atoms. The predicted molar refractivity (Wildman–Crippen MR) is 20.0 cm³/mol. The molecule has 0 radical (unpaired) electrons. The fourth-order valence-corrected chi connectivity index (χ4v) is 0. The third-order valence-corrected chi connectivity index (χ3v) is 0. The van der Waals surface area contributed by atoms with Gasteiger partial charge in [0, 0.05) is 0 Å². The summed E-state index contributed by atoms with van der Waals surface area (Å²) in [4.78, 5) is 0. The van der Waals surface area contributed by atoms with Crippen molar-refractivity contribution >= 4 is 52.2 Å². The second kappa shape index (κ2) is 10.5. The van der Waals surface area contributed by atoms with Crippen molar-refractivity contribution in [1.29, 1.82) is 0 Å². The minimum Gasteiger partial charge on any atom is -1.00 e. The Balaban J connectivity index is -0.00000000450. The van der Waals surface area contributed by atoms with Crippen LogP contribution in [0.4, 0.5) is 0 Å². The van der Waals surface area contributed by atoms with Crippen molar-refractivity contribution in [3.8, 4) is 0 Å². The zero-order valence-corrected chi connectivity index (χ0v) is 9.34. The zero-order valence-electron chi connectivity index (χ0n) is 6.42. The second-order valence-electron chi connectivity index (χ2n) is 0.231. The molecule has 6 heavy (non-hydrogen) atoms. The standard InChI is InChI=1S/Ca.Na.H2O3Se.3H/c;;1-4(2)3;;;/h;;(H2,1,2,3);;;/q+2;+1;;3*-1. The smallest absolute Gasteiger partial charge is 1.00 e. The number of rotatable bonds is 0. The van der Waals surface area contributed by atoms with Gasteiger partial charge in [0.1, 0.15) is 0 Å². The molecule has 0 heterocycles. The molecule has 0 atom stereocenters. The largest absolute Gasteiger partial charge is 2.00 e. The van der Waals surface area contributed by atoms with Crippen LogP contribution in [-0.2, 0) is 3.83 Å². The van der Waals surface area contributed by atoms with E-state index in [1.54, 1.807) is 0 Å². The van der Waals surface area contributed by atoms with Crippen molar-refractivity contribution in [2.24, 2.45) is 0 Å². The molecule has 0 saturated heterocycles. The Bertz CT molecular complexity index is 42.0. The Morgan fingerprint density at radius 3 is 1.50 bits per heavy atom. The third kappa shape index (κ3) is 31.5. The van der Waals surface area contributed by atoms with Crippen LogP contribution >= 0.6 is 0 Å².